The molecule has 2 aromatic heterocycles. The minimum Gasteiger partial charge on any atom is -0.313 e. The van der Waals surface area contributed by atoms with Crippen LogP contribution in [0.1, 0.15) is 31.1 Å². The second-order valence-electron chi connectivity index (χ2n) is 3.98. The van der Waals surface area contributed by atoms with Gasteiger partial charge >= 0.3 is 0 Å². The highest BCUT2D eigenvalue weighted by Crippen LogP contribution is 2.17. The van der Waals surface area contributed by atoms with Crippen LogP contribution in [-0.4, -0.2) is 14.5 Å². The third-order valence-electron chi connectivity index (χ3n) is 2.55. The molecule has 74 valence electrons. The van der Waals surface area contributed by atoms with Crippen molar-refractivity contribution in [2.45, 2.75) is 33.7 Å². The summed E-state index contributed by atoms with van der Waals surface area (Å²) in [6.07, 6.45) is 1.86. The van der Waals surface area contributed by atoms with Crippen molar-refractivity contribution in [2.75, 3.05) is 0 Å². The van der Waals surface area contributed by atoms with Gasteiger partial charge < -0.3 is 4.57 Å². The Kier molecular flexibility index (Phi) is 2.02. The smallest absolute Gasteiger partial charge is 0.160 e. The predicted octanol–water partition coefficient (Wildman–Crippen LogP) is 2.63. The lowest BCUT2D eigenvalue weighted by Crippen LogP contribution is -2.00. The van der Waals surface area contributed by atoms with E-state index in [4.69, 9.17) is 0 Å². The lowest BCUT2D eigenvalue weighted by molar-refractivity contribution is 0.612. The van der Waals surface area contributed by atoms with Crippen molar-refractivity contribution < 1.29 is 0 Å². The summed E-state index contributed by atoms with van der Waals surface area (Å²) in [4.78, 5) is 8.90. The Morgan fingerprint density at radius 1 is 1.29 bits per heavy atom. The Morgan fingerprint density at radius 3 is 2.64 bits per heavy atom. The van der Waals surface area contributed by atoms with Crippen molar-refractivity contribution in [1.29, 1.82) is 0 Å². The van der Waals surface area contributed by atoms with Crippen LogP contribution in [0.4, 0.5) is 0 Å². The Bertz CT molecular complexity index is 469. The van der Waals surface area contributed by atoms with Gasteiger partial charge in [0.2, 0.25) is 0 Å². The molecule has 0 spiro atoms. The first-order chi connectivity index (χ1) is 6.59. The van der Waals surface area contributed by atoms with Crippen molar-refractivity contribution in [3.63, 3.8) is 0 Å². The summed E-state index contributed by atoms with van der Waals surface area (Å²) in [5, 5.41) is 0. The van der Waals surface area contributed by atoms with Gasteiger partial charge in [0.15, 0.2) is 5.65 Å². The summed E-state index contributed by atoms with van der Waals surface area (Å²) in [6, 6.07) is 2.51. The molecule has 0 aromatic carbocycles. The van der Waals surface area contributed by atoms with Crippen molar-refractivity contribution in [2.24, 2.45) is 0 Å². The van der Waals surface area contributed by atoms with Gasteiger partial charge in [-0.15, -0.1) is 0 Å². The van der Waals surface area contributed by atoms with Crippen LogP contribution < -0.4 is 0 Å². The average molecular weight is 189 g/mol. The molecule has 0 fully saturated rings. The fourth-order valence-corrected chi connectivity index (χ4v) is 1.52. The molecule has 14 heavy (non-hydrogen) atoms. The van der Waals surface area contributed by atoms with Crippen LogP contribution in [0.3, 0.4) is 0 Å². The maximum atomic E-state index is 4.56. The Morgan fingerprint density at radius 2 is 2.00 bits per heavy atom. The van der Waals surface area contributed by atoms with Gasteiger partial charge in [-0.25, -0.2) is 9.97 Å². The molecule has 0 aliphatic heterocycles. The molecule has 2 rings (SSSR count). The van der Waals surface area contributed by atoms with Gasteiger partial charge in [-0.05, 0) is 39.3 Å². The number of rotatable bonds is 1. The molecule has 0 aliphatic carbocycles. The van der Waals surface area contributed by atoms with Gasteiger partial charge in [0.1, 0.15) is 5.52 Å². The fourth-order valence-electron chi connectivity index (χ4n) is 1.52. The molecule has 3 nitrogen and oxygen atoms in total. The quantitative estimate of drug-likeness (QED) is 0.690. The Labute approximate surface area is 83.8 Å². The van der Waals surface area contributed by atoms with Crippen LogP contribution in [0, 0.1) is 13.8 Å². The van der Waals surface area contributed by atoms with E-state index in [1.165, 1.54) is 5.56 Å². The fraction of sp³-hybridized carbons (Fsp3) is 0.455. The van der Waals surface area contributed by atoms with Gasteiger partial charge in [0.25, 0.3) is 0 Å². The molecule has 0 atom stereocenters. The minimum absolute atomic E-state index is 0.412. The van der Waals surface area contributed by atoms with Crippen molar-refractivity contribution in [1.82, 2.24) is 14.5 Å². The molecule has 0 bridgehead atoms. The van der Waals surface area contributed by atoms with Gasteiger partial charge in [-0.3, -0.25) is 0 Å². The number of nitrogens with zero attached hydrogens (tertiary/aromatic N) is 3. The standard InChI is InChI=1S/C11H15N3/c1-7(2)14-6-12-10-5-8(3)9(4)13-11(10)14/h5-7H,1-4H3. The number of aromatic nitrogens is 3. The number of aryl methyl sites for hydroxylation is 2. The monoisotopic (exact) mass is 189 g/mol. The zero-order chi connectivity index (χ0) is 10.3. The zero-order valence-corrected chi connectivity index (χ0v) is 9.07. The van der Waals surface area contributed by atoms with Crippen LogP contribution in [0.5, 0.6) is 0 Å². The van der Waals surface area contributed by atoms with Gasteiger partial charge in [0, 0.05) is 11.7 Å². The number of pyridine rings is 1. The number of hydrogen-bond acceptors (Lipinski definition) is 2. The number of fused-ring (bicyclic) bond motifs is 1. The summed E-state index contributed by atoms with van der Waals surface area (Å²) in [5.41, 5.74) is 4.26. The molecule has 2 aromatic rings. The second kappa shape index (κ2) is 3.08. The number of imidazole rings is 1. The summed E-state index contributed by atoms with van der Waals surface area (Å²) >= 11 is 0. The van der Waals surface area contributed by atoms with Crippen molar-refractivity contribution in [3.8, 4) is 0 Å². The molecule has 0 unspecified atom stereocenters. The van der Waals surface area contributed by atoms with E-state index in [-0.39, 0.29) is 0 Å². The first-order valence-corrected chi connectivity index (χ1v) is 4.90. The minimum atomic E-state index is 0.412. The lowest BCUT2D eigenvalue weighted by atomic mass is 10.2. The third kappa shape index (κ3) is 1.29. The molecule has 0 amide bonds. The van der Waals surface area contributed by atoms with E-state index in [1.807, 2.05) is 13.3 Å². The topological polar surface area (TPSA) is 30.7 Å². The van der Waals surface area contributed by atoms with Crippen molar-refractivity contribution >= 4 is 11.2 Å². The van der Waals surface area contributed by atoms with Crippen LogP contribution in [0.25, 0.3) is 11.2 Å². The second-order valence-corrected chi connectivity index (χ2v) is 3.98. The van der Waals surface area contributed by atoms with Crippen LogP contribution in [0.2, 0.25) is 0 Å². The predicted molar refractivity (Wildman–Crippen MR) is 57.4 cm³/mol. The highest BCUT2D eigenvalue weighted by molar-refractivity contribution is 5.72. The van der Waals surface area contributed by atoms with E-state index in [2.05, 4.69) is 41.4 Å². The maximum Gasteiger partial charge on any atom is 0.160 e. The maximum absolute atomic E-state index is 4.56. The summed E-state index contributed by atoms with van der Waals surface area (Å²) in [5.74, 6) is 0. The molecular formula is C11H15N3. The average Bonchev–Trinajstić information content (AvgIpc) is 2.48. The molecule has 2 heterocycles. The SMILES string of the molecule is Cc1cc2ncn(C(C)C)c2nc1C. The molecule has 0 aliphatic rings. The third-order valence-corrected chi connectivity index (χ3v) is 2.55. The Balaban J connectivity index is 2.74. The van der Waals surface area contributed by atoms with E-state index in [0.717, 1.165) is 16.9 Å². The van der Waals surface area contributed by atoms with Crippen LogP contribution in [0.15, 0.2) is 12.4 Å². The highest BCUT2D eigenvalue weighted by Gasteiger charge is 2.08. The van der Waals surface area contributed by atoms with Gasteiger partial charge in [-0.2, -0.15) is 0 Å². The summed E-state index contributed by atoms with van der Waals surface area (Å²) in [7, 11) is 0. The van der Waals surface area contributed by atoms with E-state index in [9.17, 15) is 0 Å². The molecular weight excluding hydrogens is 174 g/mol. The van der Waals surface area contributed by atoms with Crippen LogP contribution in [-0.2, 0) is 0 Å². The van der Waals surface area contributed by atoms with E-state index in [1.54, 1.807) is 0 Å². The zero-order valence-electron chi connectivity index (χ0n) is 9.07. The lowest BCUT2D eigenvalue weighted by Gasteiger charge is -2.07. The van der Waals surface area contributed by atoms with E-state index >= 15 is 0 Å². The summed E-state index contributed by atoms with van der Waals surface area (Å²) < 4.78 is 2.10. The highest BCUT2D eigenvalue weighted by atomic mass is 15.1. The summed E-state index contributed by atoms with van der Waals surface area (Å²) in [6.45, 7) is 8.37. The molecule has 0 N–H and O–H groups in total. The first kappa shape index (κ1) is 9.19. The molecule has 0 saturated heterocycles. The molecule has 0 saturated carbocycles. The largest absolute Gasteiger partial charge is 0.313 e. The molecule has 3 heteroatoms. The number of hydrogen-bond donors (Lipinski definition) is 0. The molecule has 0 radical (unpaired) electrons. The van der Waals surface area contributed by atoms with Crippen LogP contribution >= 0.6 is 0 Å². The normalized spacial score (nSPS) is 11.5. The van der Waals surface area contributed by atoms with E-state index in [0.29, 0.717) is 6.04 Å². The van der Waals surface area contributed by atoms with Crippen molar-refractivity contribution in [3.05, 3.63) is 23.7 Å². The first-order valence-electron chi connectivity index (χ1n) is 4.90. The van der Waals surface area contributed by atoms with E-state index < -0.39 is 0 Å². The van der Waals surface area contributed by atoms with Gasteiger partial charge in [0.05, 0.1) is 6.33 Å². The van der Waals surface area contributed by atoms with Gasteiger partial charge in [-0.1, -0.05) is 0 Å². The Hall–Kier alpha value is -1.38.